The molecule has 1 N–H and O–H groups in total. The van der Waals surface area contributed by atoms with E-state index in [0.29, 0.717) is 28.5 Å². The summed E-state index contributed by atoms with van der Waals surface area (Å²) in [6.45, 7) is 5.40. The van der Waals surface area contributed by atoms with Crippen LogP contribution in [0.2, 0.25) is 0 Å². The number of aryl methyl sites for hydroxylation is 1. The fourth-order valence-corrected chi connectivity index (χ4v) is 3.74. The van der Waals surface area contributed by atoms with Gasteiger partial charge in [0.05, 0.1) is 30.6 Å². The lowest BCUT2D eigenvalue weighted by atomic mass is 10.0. The summed E-state index contributed by atoms with van der Waals surface area (Å²) in [5.74, 6) is 0.573. The first-order chi connectivity index (χ1) is 12.7. The number of aromatic nitrogens is 1. The second-order valence-corrected chi connectivity index (χ2v) is 8.36. The van der Waals surface area contributed by atoms with Crippen LogP contribution in [0.1, 0.15) is 41.6 Å². The van der Waals surface area contributed by atoms with Crippen LogP contribution in [0.25, 0.3) is 0 Å². The first kappa shape index (κ1) is 20.8. The van der Waals surface area contributed by atoms with Crippen molar-refractivity contribution in [3.05, 3.63) is 35.2 Å². The molecule has 1 heterocycles. The number of carbonyl (C=O) groups excluding carboxylic acids is 1. The van der Waals surface area contributed by atoms with Crippen molar-refractivity contribution in [1.29, 1.82) is 0 Å². The van der Waals surface area contributed by atoms with Crippen LogP contribution in [0.4, 0.5) is 0 Å². The van der Waals surface area contributed by atoms with Crippen LogP contribution in [0.5, 0.6) is 11.5 Å². The maximum atomic E-state index is 12.5. The van der Waals surface area contributed by atoms with Crippen LogP contribution in [0.15, 0.2) is 27.6 Å². The van der Waals surface area contributed by atoms with E-state index in [1.165, 1.54) is 32.4 Å². The van der Waals surface area contributed by atoms with Crippen molar-refractivity contribution in [1.82, 2.24) is 10.5 Å². The maximum Gasteiger partial charge on any atom is 0.256 e. The van der Waals surface area contributed by atoms with Crippen LogP contribution >= 0.6 is 0 Å². The molecule has 148 valence electrons. The Balaban J connectivity index is 2.08. The summed E-state index contributed by atoms with van der Waals surface area (Å²) < 4.78 is 40.5. The highest BCUT2D eigenvalue weighted by Crippen LogP contribution is 2.29. The van der Waals surface area contributed by atoms with Gasteiger partial charge in [-0.05, 0) is 19.1 Å². The summed E-state index contributed by atoms with van der Waals surface area (Å²) in [5, 5.41) is 6.44. The van der Waals surface area contributed by atoms with Crippen LogP contribution in [0, 0.1) is 6.92 Å². The van der Waals surface area contributed by atoms with Gasteiger partial charge in [-0.15, -0.1) is 0 Å². The SMILES string of the molecule is COc1ccc(S(=O)(=O)CCNC(=O)c2c(C)noc2C(C)C)cc1OC. The second kappa shape index (κ2) is 8.43. The minimum Gasteiger partial charge on any atom is -0.493 e. The molecule has 0 saturated carbocycles. The summed E-state index contributed by atoms with van der Waals surface area (Å²) in [5.41, 5.74) is 0.826. The number of benzene rings is 1. The van der Waals surface area contributed by atoms with E-state index in [1.807, 2.05) is 13.8 Å². The molecule has 0 aliphatic rings. The summed E-state index contributed by atoms with van der Waals surface area (Å²) in [4.78, 5) is 12.5. The van der Waals surface area contributed by atoms with E-state index >= 15 is 0 Å². The zero-order chi connectivity index (χ0) is 20.2. The van der Waals surface area contributed by atoms with Crippen molar-refractivity contribution in [2.24, 2.45) is 0 Å². The molecule has 0 unspecified atom stereocenters. The van der Waals surface area contributed by atoms with E-state index in [1.54, 1.807) is 6.92 Å². The van der Waals surface area contributed by atoms with Crippen molar-refractivity contribution >= 4 is 15.7 Å². The molecular formula is C18H24N2O6S. The molecular weight excluding hydrogens is 372 g/mol. The van der Waals surface area contributed by atoms with Crippen molar-refractivity contribution in [2.75, 3.05) is 26.5 Å². The number of amides is 1. The minimum atomic E-state index is -3.61. The third-order valence-corrected chi connectivity index (χ3v) is 5.72. The predicted molar refractivity (Wildman–Crippen MR) is 99.3 cm³/mol. The van der Waals surface area contributed by atoms with Gasteiger partial charge in [0.1, 0.15) is 5.56 Å². The topological polar surface area (TPSA) is 108 Å². The lowest BCUT2D eigenvalue weighted by Crippen LogP contribution is -2.30. The first-order valence-electron chi connectivity index (χ1n) is 8.40. The van der Waals surface area contributed by atoms with Crippen molar-refractivity contribution in [2.45, 2.75) is 31.6 Å². The van der Waals surface area contributed by atoms with Crippen LogP contribution in [-0.4, -0.2) is 46.0 Å². The Morgan fingerprint density at radius 3 is 2.48 bits per heavy atom. The van der Waals surface area contributed by atoms with E-state index < -0.39 is 15.7 Å². The quantitative estimate of drug-likeness (QED) is 0.729. The minimum absolute atomic E-state index is 0.0116. The Morgan fingerprint density at radius 2 is 1.89 bits per heavy atom. The molecule has 1 amide bonds. The van der Waals surface area contributed by atoms with Gasteiger partial charge >= 0.3 is 0 Å². The second-order valence-electron chi connectivity index (χ2n) is 6.25. The van der Waals surface area contributed by atoms with Gasteiger partial charge in [-0.25, -0.2) is 8.42 Å². The van der Waals surface area contributed by atoms with Gasteiger partial charge in [0, 0.05) is 18.5 Å². The largest absolute Gasteiger partial charge is 0.493 e. The molecule has 0 bridgehead atoms. The molecule has 0 spiro atoms. The molecule has 0 aliphatic heterocycles. The average Bonchev–Trinajstić information content (AvgIpc) is 3.02. The van der Waals surface area contributed by atoms with E-state index in [2.05, 4.69) is 10.5 Å². The smallest absolute Gasteiger partial charge is 0.256 e. The number of methoxy groups -OCH3 is 2. The molecule has 2 rings (SSSR count). The Bertz CT molecular complexity index is 918. The Hall–Kier alpha value is -2.55. The highest BCUT2D eigenvalue weighted by atomic mass is 32.2. The molecule has 0 radical (unpaired) electrons. The number of ether oxygens (including phenoxy) is 2. The summed E-state index contributed by atoms with van der Waals surface area (Å²) >= 11 is 0. The molecule has 0 saturated heterocycles. The first-order valence-corrected chi connectivity index (χ1v) is 10.1. The molecule has 0 fully saturated rings. The van der Waals surface area contributed by atoms with Gasteiger partial charge in [-0.2, -0.15) is 0 Å². The van der Waals surface area contributed by atoms with Gasteiger partial charge in [0.2, 0.25) is 0 Å². The molecule has 0 aliphatic carbocycles. The standard InChI is InChI=1S/C18H24N2O6S/c1-11(2)17-16(12(3)20-26-17)18(21)19-8-9-27(22,23)13-6-7-14(24-4)15(10-13)25-5/h6-7,10-11H,8-9H2,1-5H3,(H,19,21). The number of nitrogens with one attached hydrogen (secondary N) is 1. The number of nitrogens with zero attached hydrogens (tertiary/aromatic N) is 1. The van der Waals surface area contributed by atoms with Gasteiger partial charge in [-0.3, -0.25) is 4.79 Å². The highest BCUT2D eigenvalue weighted by Gasteiger charge is 2.23. The molecule has 0 atom stereocenters. The number of rotatable bonds is 8. The third kappa shape index (κ3) is 4.60. The predicted octanol–water partition coefficient (Wildman–Crippen LogP) is 2.33. The Labute approximate surface area is 158 Å². The van der Waals surface area contributed by atoms with Crippen LogP contribution < -0.4 is 14.8 Å². The van der Waals surface area contributed by atoms with Gasteiger partial charge in [-0.1, -0.05) is 19.0 Å². The Kier molecular flexibility index (Phi) is 6.48. The molecule has 27 heavy (non-hydrogen) atoms. The number of sulfone groups is 1. The molecule has 1 aromatic carbocycles. The molecule has 8 nitrogen and oxygen atoms in total. The van der Waals surface area contributed by atoms with Gasteiger partial charge in [0.25, 0.3) is 5.91 Å². The lowest BCUT2D eigenvalue weighted by Gasteiger charge is -2.11. The maximum absolute atomic E-state index is 12.5. The summed E-state index contributed by atoms with van der Waals surface area (Å²) in [6, 6.07) is 4.37. The van der Waals surface area contributed by atoms with Gasteiger partial charge < -0.3 is 19.3 Å². The zero-order valence-corrected chi connectivity index (χ0v) is 16.8. The average molecular weight is 396 g/mol. The molecule has 9 heteroatoms. The monoisotopic (exact) mass is 396 g/mol. The van der Waals surface area contributed by atoms with Crippen LogP contribution in [-0.2, 0) is 9.84 Å². The molecule has 1 aromatic heterocycles. The van der Waals surface area contributed by atoms with Crippen LogP contribution in [0.3, 0.4) is 0 Å². The fourth-order valence-electron chi connectivity index (χ4n) is 2.57. The van der Waals surface area contributed by atoms with Crippen molar-refractivity contribution in [3.63, 3.8) is 0 Å². The van der Waals surface area contributed by atoms with E-state index in [4.69, 9.17) is 14.0 Å². The van der Waals surface area contributed by atoms with E-state index in [0.717, 1.165) is 0 Å². The zero-order valence-electron chi connectivity index (χ0n) is 16.0. The lowest BCUT2D eigenvalue weighted by molar-refractivity contribution is 0.0953. The Morgan fingerprint density at radius 1 is 1.22 bits per heavy atom. The molecule has 2 aromatic rings. The van der Waals surface area contributed by atoms with E-state index in [-0.39, 0.29) is 23.1 Å². The highest BCUT2D eigenvalue weighted by molar-refractivity contribution is 7.91. The number of hydrogen-bond acceptors (Lipinski definition) is 7. The van der Waals surface area contributed by atoms with Crippen molar-refractivity contribution in [3.8, 4) is 11.5 Å². The number of hydrogen-bond donors (Lipinski definition) is 1. The summed E-state index contributed by atoms with van der Waals surface area (Å²) in [7, 11) is -0.704. The number of carbonyl (C=O) groups is 1. The van der Waals surface area contributed by atoms with E-state index in [9.17, 15) is 13.2 Å². The fraction of sp³-hybridized carbons (Fsp3) is 0.444. The summed E-state index contributed by atoms with van der Waals surface area (Å²) in [6.07, 6.45) is 0. The van der Waals surface area contributed by atoms with Gasteiger partial charge in [0.15, 0.2) is 27.1 Å². The van der Waals surface area contributed by atoms with Crippen molar-refractivity contribution < 1.29 is 27.2 Å². The third-order valence-electron chi connectivity index (χ3n) is 4.01. The normalized spacial score (nSPS) is 11.5.